The van der Waals surface area contributed by atoms with Crippen molar-refractivity contribution in [2.45, 2.75) is 45.4 Å². The van der Waals surface area contributed by atoms with Gasteiger partial charge in [-0.3, -0.25) is 0 Å². The highest BCUT2D eigenvalue weighted by Gasteiger charge is 2.21. The zero-order valence-electron chi connectivity index (χ0n) is 15.5. The minimum atomic E-state index is 0.675. The molecule has 1 aliphatic rings. The van der Waals surface area contributed by atoms with E-state index in [4.69, 9.17) is 9.72 Å². The first-order valence-corrected chi connectivity index (χ1v) is 10.3. The third-order valence-electron chi connectivity index (χ3n) is 5.33. The van der Waals surface area contributed by atoms with E-state index in [0.717, 1.165) is 28.8 Å². The Morgan fingerprint density at radius 1 is 1.15 bits per heavy atom. The molecule has 2 nitrogen and oxygen atoms in total. The number of fused-ring (bicyclic) bond motifs is 1. The summed E-state index contributed by atoms with van der Waals surface area (Å²) in [5, 5.41) is 1.10. The summed E-state index contributed by atoms with van der Waals surface area (Å²) in [6.45, 7) is 5.11. The Hall–Kier alpha value is -2.13. The van der Waals surface area contributed by atoms with Gasteiger partial charge < -0.3 is 4.74 Å². The lowest BCUT2D eigenvalue weighted by Crippen LogP contribution is -2.03. The smallest absolute Gasteiger partial charge is 0.123 e. The second-order valence-electron chi connectivity index (χ2n) is 6.99. The molecule has 0 radical (unpaired) electrons. The average Bonchev–Trinajstić information content (AvgIpc) is 3.25. The van der Waals surface area contributed by atoms with Crippen molar-refractivity contribution < 1.29 is 4.74 Å². The van der Waals surface area contributed by atoms with Crippen molar-refractivity contribution in [1.29, 1.82) is 0 Å². The van der Waals surface area contributed by atoms with E-state index < -0.39 is 0 Å². The van der Waals surface area contributed by atoms with Crippen LogP contribution in [0.1, 0.15) is 47.4 Å². The Balaban J connectivity index is 1.39. The van der Waals surface area contributed by atoms with Crippen molar-refractivity contribution >= 4 is 11.3 Å². The summed E-state index contributed by atoms with van der Waals surface area (Å²) in [6.07, 6.45) is 4.57. The maximum absolute atomic E-state index is 6.04. The first-order chi connectivity index (χ1) is 12.7. The quantitative estimate of drug-likeness (QED) is 0.522. The number of rotatable bonds is 6. The summed E-state index contributed by atoms with van der Waals surface area (Å²) >= 11 is 1.77. The number of aryl methyl sites for hydroxylation is 2. The van der Waals surface area contributed by atoms with Crippen LogP contribution in [0.25, 0.3) is 10.6 Å². The average molecular weight is 364 g/mol. The Labute approximate surface area is 159 Å². The molecule has 0 N–H and O–H groups in total. The van der Waals surface area contributed by atoms with Crippen LogP contribution in [0.2, 0.25) is 0 Å². The molecule has 0 aliphatic heterocycles. The molecule has 3 aromatic rings. The molecule has 0 amide bonds. The van der Waals surface area contributed by atoms with Gasteiger partial charge >= 0.3 is 0 Å². The van der Waals surface area contributed by atoms with Crippen LogP contribution in [0, 0.1) is 6.92 Å². The normalized spacial score (nSPS) is 15.8. The molecule has 3 heteroatoms. The number of nitrogens with zero attached hydrogens (tertiary/aromatic N) is 1. The van der Waals surface area contributed by atoms with Crippen molar-refractivity contribution in [2.24, 2.45) is 0 Å². The Morgan fingerprint density at radius 2 is 2.00 bits per heavy atom. The zero-order valence-corrected chi connectivity index (χ0v) is 16.3. The van der Waals surface area contributed by atoms with Crippen molar-refractivity contribution in [3.8, 4) is 16.3 Å². The molecule has 0 saturated heterocycles. The predicted octanol–water partition coefficient (Wildman–Crippen LogP) is 6.18. The third-order valence-corrected chi connectivity index (χ3v) is 6.39. The van der Waals surface area contributed by atoms with Gasteiger partial charge in [-0.2, -0.15) is 0 Å². The molecule has 4 rings (SSSR count). The van der Waals surface area contributed by atoms with Crippen LogP contribution in [-0.4, -0.2) is 11.6 Å². The molecule has 1 heterocycles. The van der Waals surface area contributed by atoms with E-state index in [0.29, 0.717) is 6.61 Å². The van der Waals surface area contributed by atoms with Gasteiger partial charge in [0.1, 0.15) is 10.8 Å². The lowest BCUT2D eigenvalue weighted by atomic mass is 9.99. The van der Waals surface area contributed by atoms with Crippen LogP contribution >= 0.6 is 11.3 Å². The Morgan fingerprint density at radius 3 is 2.81 bits per heavy atom. The topological polar surface area (TPSA) is 22.1 Å². The van der Waals surface area contributed by atoms with Crippen molar-refractivity contribution in [1.82, 2.24) is 4.98 Å². The van der Waals surface area contributed by atoms with Gasteiger partial charge in [-0.1, -0.05) is 43.3 Å². The van der Waals surface area contributed by atoms with E-state index in [1.54, 1.807) is 11.3 Å². The van der Waals surface area contributed by atoms with Gasteiger partial charge in [0.2, 0.25) is 0 Å². The highest BCUT2D eigenvalue weighted by Crippen LogP contribution is 2.37. The summed E-state index contributed by atoms with van der Waals surface area (Å²) in [5.74, 6) is 1.74. The van der Waals surface area contributed by atoms with E-state index in [2.05, 4.69) is 56.3 Å². The molecule has 2 aromatic carbocycles. The highest BCUT2D eigenvalue weighted by atomic mass is 32.1. The summed E-state index contributed by atoms with van der Waals surface area (Å²) < 4.78 is 6.04. The van der Waals surface area contributed by atoms with Gasteiger partial charge in [0.05, 0.1) is 12.3 Å². The van der Waals surface area contributed by atoms with Gasteiger partial charge in [-0.15, -0.1) is 11.3 Å². The van der Waals surface area contributed by atoms with E-state index >= 15 is 0 Å². The SMILES string of the molecule is CCC1CCc2cc(OCCc3nc(-c4ccccc4)sc3C)ccc21. The maximum atomic E-state index is 6.04. The molecule has 0 saturated carbocycles. The monoisotopic (exact) mass is 363 g/mol. The number of hydrogen-bond acceptors (Lipinski definition) is 3. The molecule has 26 heavy (non-hydrogen) atoms. The van der Waals surface area contributed by atoms with Gasteiger partial charge in [0.25, 0.3) is 0 Å². The molecule has 134 valence electrons. The first kappa shape index (κ1) is 17.3. The number of thiazole rings is 1. The minimum absolute atomic E-state index is 0.675. The second kappa shape index (κ2) is 7.63. The number of hydrogen-bond donors (Lipinski definition) is 0. The largest absolute Gasteiger partial charge is 0.493 e. The molecular weight excluding hydrogens is 338 g/mol. The fraction of sp³-hybridized carbons (Fsp3) is 0.348. The summed E-state index contributed by atoms with van der Waals surface area (Å²) in [5.41, 5.74) is 5.35. The molecule has 0 spiro atoms. The van der Waals surface area contributed by atoms with Gasteiger partial charge in [0, 0.05) is 16.9 Å². The highest BCUT2D eigenvalue weighted by molar-refractivity contribution is 7.15. The third kappa shape index (κ3) is 3.54. The van der Waals surface area contributed by atoms with Crippen LogP contribution in [0.15, 0.2) is 48.5 Å². The van der Waals surface area contributed by atoms with Crippen molar-refractivity contribution in [3.05, 3.63) is 70.2 Å². The van der Waals surface area contributed by atoms with Crippen LogP contribution in [0.4, 0.5) is 0 Å². The van der Waals surface area contributed by atoms with Crippen LogP contribution in [-0.2, 0) is 12.8 Å². The minimum Gasteiger partial charge on any atom is -0.493 e. The molecule has 1 atom stereocenters. The van der Waals surface area contributed by atoms with Crippen LogP contribution in [0.3, 0.4) is 0 Å². The van der Waals surface area contributed by atoms with Crippen molar-refractivity contribution in [2.75, 3.05) is 6.61 Å². The van der Waals surface area contributed by atoms with E-state index in [1.165, 1.54) is 40.8 Å². The van der Waals surface area contributed by atoms with Crippen molar-refractivity contribution in [3.63, 3.8) is 0 Å². The summed E-state index contributed by atoms with van der Waals surface area (Å²) in [4.78, 5) is 6.11. The van der Waals surface area contributed by atoms with Crippen LogP contribution in [0.5, 0.6) is 5.75 Å². The Kier molecular flexibility index (Phi) is 5.07. The predicted molar refractivity (Wildman–Crippen MR) is 109 cm³/mol. The fourth-order valence-electron chi connectivity index (χ4n) is 3.83. The summed E-state index contributed by atoms with van der Waals surface area (Å²) in [7, 11) is 0. The second-order valence-corrected chi connectivity index (χ2v) is 8.19. The van der Waals surface area contributed by atoms with Gasteiger partial charge in [-0.05, 0) is 55.4 Å². The van der Waals surface area contributed by atoms with E-state index in [9.17, 15) is 0 Å². The van der Waals surface area contributed by atoms with Gasteiger partial charge in [-0.25, -0.2) is 4.98 Å². The number of ether oxygens (including phenoxy) is 1. The molecule has 0 fully saturated rings. The maximum Gasteiger partial charge on any atom is 0.123 e. The summed E-state index contributed by atoms with van der Waals surface area (Å²) in [6, 6.07) is 17.0. The standard InChI is InChI=1S/C23H25NOS/c1-3-17-9-10-19-15-20(11-12-21(17)19)25-14-13-22-16(2)26-23(24-22)18-7-5-4-6-8-18/h4-8,11-12,15,17H,3,9-10,13-14H2,1-2H3. The molecular formula is C23H25NOS. The van der Waals surface area contributed by atoms with Gasteiger partial charge in [0.15, 0.2) is 0 Å². The zero-order chi connectivity index (χ0) is 17.9. The van der Waals surface area contributed by atoms with Crippen LogP contribution < -0.4 is 4.74 Å². The molecule has 1 aromatic heterocycles. The molecule has 1 aliphatic carbocycles. The van der Waals surface area contributed by atoms with E-state index in [-0.39, 0.29) is 0 Å². The first-order valence-electron chi connectivity index (χ1n) is 9.52. The number of benzene rings is 2. The molecule has 1 unspecified atom stereocenters. The lowest BCUT2D eigenvalue weighted by molar-refractivity contribution is 0.320. The lowest BCUT2D eigenvalue weighted by Gasteiger charge is -2.10. The number of aromatic nitrogens is 1. The van der Waals surface area contributed by atoms with E-state index in [1.807, 2.05) is 6.07 Å². The fourth-order valence-corrected chi connectivity index (χ4v) is 4.79. The Bertz CT molecular complexity index is 884. The molecule has 0 bridgehead atoms.